The zero-order valence-corrected chi connectivity index (χ0v) is 18.9. The molecule has 3 aromatic rings. The number of fused-ring (bicyclic) bond motifs is 2. The van der Waals surface area contributed by atoms with E-state index in [1.807, 2.05) is 26.0 Å². The van der Waals surface area contributed by atoms with E-state index < -0.39 is 0 Å². The van der Waals surface area contributed by atoms with Crippen molar-refractivity contribution in [3.05, 3.63) is 64.2 Å². The van der Waals surface area contributed by atoms with Gasteiger partial charge in [0.15, 0.2) is 11.6 Å². The van der Waals surface area contributed by atoms with Gasteiger partial charge in [0.1, 0.15) is 23.0 Å². The summed E-state index contributed by atoms with van der Waals surface area (Å²) in [5.74, 6) is 1.49. The van der Waals surface area contributed by atoms with Crippen LogP contribution in [-0.2, 0) is 0 Å². The van der Waals surface area contributed by atoms with Crippen LogP contribution in [0.3, 0.4) is 0 Å². The molecule has 0 atom stereocenters. The molecule has 0 heterocycles. The molecule has 0 saturated heterocycles. The first kappa shape index (κ1) is 21.4. The van der Waals surface area contributed by atoms with Crippen LogP contribution in [0.1, 0.15) is 37.4 Å². The number of hydrogen-bond acceptors (Lipinski definition) is 6. The molecule has 0 bridgehead atoms. The van der Waals surface area contributed by atoms with Crippen molar-refractivity contribution < 1.29 is 28.5 Å². The van der Waals surface area contributed by atoms with E-state index in [1.54, 1.807) is 32.4 Å². The lowest BCUT2D eigenvalue weighted by molar-refractivity contribution is 0.0999. The van der Waals surface area contributed by atoms with Crippen molar-refractivity contribution in [2.24, 2.45) is 0 Å². The summed E-state index contributed by atoms with van der Waals surface area (Å²) < 4.78 is 22.4. The number of benzene rings is 3. The molecule has 0 spiro atoms. The first-order valence-corrected chi connectivity index (χ1v) is 10.1. The highest BCUT2D eigenvalue weighted by molar-refractivity contribution is 6.40. The fraction of sp³-hybridized carbons (Fsp3) is 0.231. The third-order valence-electron chi connectivity index (χ3n) is 5.77. The number of hydrogen-bond donors (Lipinski definition) is 0. The van der Waals surface area contributed by atoms with Crippen LogP contribution in [-0.4, -0.2) is 40.0 Å². The van der Waals surface area contributed by atoms with Gasteiger partial charge in [-0.2, -0.15) is 0 Å². The van der Waals surface area contributed by atoms with Crippen molar-refractivity contribution in [1.82, 2.24) is 0 Å². The second-order valence-corrected chi connectivity index (χ2v) is 7.64. The maximum absolute atomic E-state index is 13.7. The van der Waals surface area contributed by atoms with Crippen LogP contribution in [0.15, 0.2) is 36.4 Å². The fourth-order valence-electron chi connectivity index (χ4n) is 4.38. The number of Topliss-reactive ketones (excluding diaryl/α,β-unsaturated/α-hetero) is 1. The van der Waals surface area contributed by atoms with Crippen LogP contribution in [0.4, 0.5) is 0 Å². The van der Waals surface area contributed by atoms with Crippen molar-refractivity contribution in [1.29, 1.82) is 0 Å². The Bertz CT molecular complexity index is 1320. The molecule has 164 valence electrons. The standard InChI is InChI=1S/C26H24O6/c1-13-9-15-18(27)12-17(25(28)23(15)21(10-13)31-5)22-14(2)11-16-19(29-3)7-8-20(30-4)24(16)26(22)32-6/h7-12H,1-6H3. The largest absolute Gasteiger partial charge is 0.496 e. The molecule has 0 fully saturated rings. The van der Waals surface area contributed by atoms with Crippen LogP contribution in [0, 0.1) is 13.8 Å². The molecule has 32 heavy (non-hydrogen) atoms. The zero-order valence-electron chi connectivity index (χ0n) is 18.9. The summed E-state index contributed by atoms with van der Waals surface area (Å²) in [4.78, 5) is 26.7. The van der Waals surface area contributed by atoms with Crippen molar-refractivity contribution >= 4 is 27.9 Å². The molecule has 6 heteroatoms. The molecule has 0 aromatic heterocycles. The minimum Gasteiger partial charge on any atom is -0.496 e. The lowest BCUT2D eigenvalue weighted by atomic mass is 9.82. The minimum atomic E-state index is -0.293. The number of methoxy groups -OCH3 is 4. The summed E-state index contributed by atoms with van der Waals surface area (Å²) in [6.45, 7) is 3.73. The van der Waals surface area contributed by atoms with Crippen molar-refractivity contribution in [2.45, 2.75) is 13.8 Å². The van der Waals surface area contributed by atoms with Gasteiger partial charge in [-0.1, -0.05) is 0 Å². The lowest BCUT2D eigenvalue weighted by Gasteiger charge is -2.23. The summed E-state index contributed by atoms with van der Waals surface area (Å²) >= 11 is 0. The van der Waals surface area contributed by atoms with E-state index >= 15 is 0 Å². The smallest absolute Gasteiger partial charge is 0.198 e. The van der Waals surface area contributed by atoms with E-state index in [0.29, 0.717) is 39.5 Å². The third kappa shape index (κ3) is 3.11. The van der Waals surface area contributed by atoms with Crippen LogP contribution in [0.25, 0.3) is 16.3 Å². The Morgan fingerprint density at radius 1 is 0.719 bits per heavy atom. The number of allylic oxidation sites excluding steroid dienone is 2. The monoisotopic (exact) mass is 432 g/mol. The number of carbonyl (C=O) groups is 2. The fourth-order valence-corrected chi connectivity index (χ4v) is 4.38. The second-order valence-electron chi connectivity index (χ2n) is 7.64. The second kappa shape index (κ2) is 8.04. The molecule has 3 aromatic carbocycles. The van der Waals surface area contributed by atoms with Gasteiger partial charge in [-0.25, -0.2) is 0 Å². The molecular formula is C26H24O6. The quantitative estimate of drug-likeness (QED) is 0.568. The summed E-state index contributed by atoms with van der Waals surface area (Å²) in [5.41, 5.74) is 3.01. The highest BCUT2D eigenvalue weighted by atomic mass is 16.5. The summed E-state index contributed by atoms with van der Waals surface area (Å²) in [7, 11) is 6.18. The molecule has 4 rings (SSSR count). The Morgan fingerprint density at radius 2 is 1.38 bits per heavy atom. The maximum atomic E-state index is 13.7. The number of ketones is 2. The van der Waals surface area contributed by atoms with E-state index in [9.17, 15) is 9.59 Å². The first-order chi connectivity index (χ1) is 15.4. The molecule has 1 aliphatic carbocycles. The summed E-state index contributed by atoms with van der Waals surface area (Å²) in [6, 6.07) is 8.98. The van der Waals surface area contributed by atoms with E-state index in [4.69, 9.17) is 18.9 Å². The molecule has 0 radical (unpaired) electrons. The number of aryl methyl sites for hydroxylation is 2. The SMILES string of the molecule is COc1cc(C)cc2c1C(=O)C(c1c(C)cc3c(OC)ccc(OC)c3c1OC)=CC2=O. The Labute approximate surface area is 186 Å². The van der Waals surface area contributed by atoms with Crippen molar-refractivity contribution in [2.75, 3.05) is 28.4 Å². The van der Waals surface area contributed by atoms with Crippen molar-refractivity contribution in [3.63, 3.8) is 0 Å². The Hall–Kier alpha value is -3.80. The van der Waals surface area contributed by atoms with E-state index in [0.717, 1.165) is 16.5 Å². The molecule has 6 nitrogen and oxygen atoms in total. The Kier molecular flexibility index (Phi) is 5.38. The van der Waals surface area contributed by atoms with E-state index in [-0.39, 0.29) is 22.7 Å². The van der Waals surface area contributed by atoms with Gasteiger partial charge in [0.2, 0.25) is 0 Å². The van der Waals surface area contributed by atoms with Gasteiger partial charge in [0.25, 0.3) is 0 Å². The van der Waals surface area contributed by atoms with Gasteiger partial charge in [-0.05, 0) is 61.4 Å². The average Bonchev–Trinajstić information content (AvgIpc) is 2.79. The molecule has 0 unspecified atom stereocenters. The topological polar surface area (TPSA) is 71.1 Å². The van der Waals surface area contributed by atoms with Gasteiger partial charge < -0.3 is 18.9 Å². The highest BCUT2D eigenvalue weighted by Gasteiger charge is 2.33. The first-order valence-electron chi connectivity index (χ1n) is 10.1. The van der Waals surface area contributed by atoms with Gasteiger partial charge in [0, 0.05) is 22.1 Å². The predicted octanol–water partition coefficient (Wildman–Crippen LogP) is 4.95. The van der Waals surface area contributed by atoms with Gasteiger partial charge in [-0.15, -0.1) is 0 Å². The average molecular weight is 432 g/mol. The molecule has 0 aliphatic heterocycles. The zero-order chi connectivity index (χ0) is 23.2. The predicted molar refractivity (Wildman–Crippen MR) is 123 cm³/mol. The maximum Gasteiger partial charge on any atom is 0.198 e. The Balaban J connectivity index is 2.06. The van der Waals surface area contributed by atoms with Crippen LogP contribution in [0.5, 0.6) is 23.0 Å². The summed E-state index contributed by atoms with van der Waals surface area (Å²) in [5, 5.41) is 1.45. The third-order valence-corrected chi connectivity index (χ3v) is 5.77. The minimum absolute atomic E-state index is 0.254. The molecule has 1 aliphatic rings. The van der Waals surface area contributed by atoms with E-state index in [2.05, 4.69) is 0 Å². The molecule has 0 saturated carbocycles. The van der Waals surface area contributed by atoms with E-state index in [1.165, 1.54) is 20.3 Å². The molecule has 0 N–H and O–H groups in total. The normalized spacial score (nSPS) is 13.0. The van der Waals surface area contributed by atoms with Crippen LogP contribution < -0.4 is 18.9 Å². The number of ether oxygens (including phenoxy) is 4. The van der Waals surface area contributed by atoms with Gasteiger partial charge in [-0.3, -0.25) is 9.59 Å². The summed E-state index contributed by atoms with van der Waals surface area (Å²) in [6.07, 6.45) is 1.38. The van der Waals surface area contributed by atoms with Crippen molar-refractivity contribution in [3.8, 4) is 23.0 Å². The number of rotatable bonds is 5. The lowest BCUT2D eigenvalue weighted by Crippen LogP contribution is -2.19. The number of carbonyl (C=O) groups excluding carboxylic acids is 2. The Morgan fingerprint density at radius 3 is 2.00 bits per heavy atom. The van der Waals surface area contributed by atoms with Gasteiger partial charge >= 0.3 is 0 Å². The molecular weight excluding hydrogens is 408 g/mol. The van der Waals surface area contributed by atoms with Crippen LogP contribution in [0.2, 0.25) is 0 Å². The molecule has 0 amide bonds. The van der Waals surface area contributed by atoms with Gasteiger partial charge in [0.05, 0.1) is 39.4 Å². The highest BCUT2D eigenvalue weighted by Crippen LogP contribution is 2.46. The van der Waals surface area contributed by atoms with Crippen LogP contribution >= 0.6 is 0 Å².